The van der Waals surface area contributed by atoms with Gasteiger partial charge in [0.15, 0.2) is 0 Å². The van der Waals surface area contributed by atoms with E-state index in [4.69, 9.17) is 0 Å². The van der Waals surface area contributed by atoms with E-state index in [9.17, 15) is 15.2 Å². The van der Waals surface area contributed by atoms with Gasteiger partial charge < -0.3 is 10.4 Å². The number of phenols is 1. The minimum absolute atomic E-state index is 0.0205. The van der Waals surface area contributed by atoms with E-state index in [1.807, 2.05) is 12.1 Å². The van der Waals surface area contributed by atoms with E-state index in [1.54, 1.807) is 42.7 Å². The van der Waals surface area contributed by atoms with Crippen LogP contribution in [0.25, 0.3) is 11.1 Å². The number of rotatable bonds is 4. The standard InChI is InChI=1S/C17H13N3O3/c21-17-6-1-3-12(8-17)13-7-15(11-18-10-13)19-14-4-2-5-16(9-14)20(22)23/h1-11,19,21H. The van der Waals surface area contributed by atoms with Crippen LogP contribution in [0.2, 0.25) is 0 Å². The Kier molecular flexibility index (Phi) is 3.88. The van der Waals surface area contributed by atoms with Gasteiger partial charge >= 0.3 is 0 Å². The fourth-order valence-electron chi connectivity index (χ4n) is 2.22. The second kappa shape index (κ2) is 6.15. The van der Waals surface area contributed by atoms with Gasteiger partial charge in [0.1, 0.15) is 5.75 Å². The number of benzene rings is 2. The van der Waals surface area contributed by atoms with Gasteiger partial charge in [0, 0.05) is 29.6 Å². The molecular formula is C17H13N3O3. The van der Waals surface area contributed by atoms with Crippen LogP contribution in [-0.4, -0.2) is 15.0 Å². The normalized spacial score (nSPS) is 10.3. The van der Waals surface area contributed by atoms with Crippen LogP contribution >= 0.6 is 0 Å². The van der Waals surface area contributed by atoms with Crippen molar-refractivity contribution >= 4 is 17.1 Å². The quantitative estimate of drug-likeness (QED) is 0.559. The van der Waals surface area contributed by atoms with Crippen molar-refractivity contribution in [2.45, 2.75) is 0 Å². The lowest BCUT2D eigenvalue weighted by Crippen LogP contribution is -1.94. The number of nitrogens with zero attached hydrogens (tertiary/aromatic N) is 2. The van der Waals surface area contributed by atoms with E-state index in [2.05, 4.69) is 10.3 Å². The first kappa shape index (κ1) is 14.5. The zero-order valence-electron chi connectivity index (χ0n) is 12.0. The molecule has 0 spiro atoms. The Morgan fingerprint density at radius 2 is 1.78 bits per heavy atom. The molecule has 2 N–H and O–H groups in total. The first-order valence-corrected chi connectivity index (χ1v) is 6.88. The molecule has 0 amide bonds. The Morgan fingerprint density at radius 3 is 2.57 bits per heavy atom. The van der Waals surface area contributed by atoms with Gasteiger partial charge in [0.25, 0.3) is 5.69 Å². The van der Waals surface area contributed by atoms with Crippen LogP contribution in [0.4, 0.5) is 17.1 Å². The molecule has 0 fully saturated rings. The monoisotopic (exact) mass is 307 g/mol. The summed E-state index contributed by atoms with van der Waals surface area (Å²) in [6.45, 7) is 0. The summed E-state index contributed by atoms with van der Waals surface area (Å²) in [5.41, 5.74) is 2.99. The average molecular weight is 307 g/mol. The number of nitro groups is 1. The van der Waals surface area contributed by atoms with Crippen molar-refractivity contribution in [3.63, 3.8) is 0 Å². The number of aromatic nitrogens is 1. The predicted molar refractivity (Wildman–Crippen MR) is 87.7 cm³/mol. The van der Waals surface area contributed by atoms with Crippen molar-refractivity contribution in [2.75, 3.05) is 5.32 Å². The maximum absolute atomic E-state index is 10.8. The van der Waals surface area contributed by atoms with Crippen LogP contribution in [0.5, 0.6) is 5.75 Å². The number of phenolic OH excluding ortho intramolecular Hbond substituents is 1. The SMILES string of the molecule is O=[N+]([O-])c1cccc(Nc2cncc(-c3cccc(O)c3)c2)c1. The Bertz CT molecular complexity index is 865. The average Bonchev–Trinajstić information content (AvgIpc) is 2.55. The van der Waals surface area contributed by atoms with E-state index in [1.165, 1.54) is 12.1 Å². The minimum Gasteiger partial charge on any atom is -0.508 e. The minimum atomic E-state index is -0.438. The molecule has 3 aromatic rings. The molecule has 1 aromatic heterocycles. The number of nitrogens with one attached hydrogen (secondary N) is 1. The lowest BCUT2D eigenvalue weighted by molar-refractivity contribution is -0.384. The highest BCUT2D eigenvalue weighted by Gasteiger charge is 2.06. The Balaban J connectivity index is 1.88. The number of nitro benzene ring substituents is 1. The zero-order valence-corrected chi connectivity index (χ0v) is 12.0. The maximum Gasteiger partial charge on any atom is 0.271 e. The smallest absolute Gasteiger partial charge is 0.271 e. The summed E-state index contributed by atoms with van der Waals surface area (Å²) >= 11 is 0. The van der Waals surface area contributed by atoms with Crippen LogP contribution < -0.4 is 5.32 Å². The first-order valence-electron chi connectivity index (χ1n) is 6.88. The van der Waals surface area contributed by atoms with Crippen molar-refractivity contribution in [3.05, 3.63) is 77.1 Å². The molecule has 0 aliphatic rings. The van der Waals surface area contributed by atoms with Gasteiger partial charge in [-0.15, -0.1) is 0 Å². The molecule has 0 saturated carbocycles. The molecule has 0 saturated heterocycles. The largest absolute Gasteiger partial charge is 0.508 e. The topological polar surface area (TPSA) is 88.3 Å². The molecule has 0 aliphatic heterocycles. The highest BCUT2D eigenvalue weighted by molar-refractivity contribution is 5.70. The molecule has 6 nitrogen and oxygen atoms in total. The molecule has 3 rings (SSSR count). The van der Waals surface area contributed by atoms with Crippen molar-refractivity contribution in [3.8, 4) is 16.9 Å². The molecule has 23 heavy (non-hydrogen) atoms. The van der Waals surface area contributed by atoms with Crippen molar-refractivity contribution in [1.82, 2.24) is 4.98 Å². The molecule has 0 radical (unpaired) electrons. The van der Waals surface area contributed by atoms with Crippen LogP contribution in [0.1, 0.15) is 0 Å². The molecular weight excluding hydrogens is 294 g/mol. The molecule has 6 heteroatoms. The summed E-state index contributed by atoms with van der Waals surface area (Å²) < 4.78 is 0. The predicted octanol–water partition coefficient (Wildman–Crippen LogP) is 4.11. The van der Waals surface area contributed by atoms with E-state index >= 15 is 0 Å². The second-order valence-corrected chi connectivity index (χ2v) is 4.95. The number of pyridine rings is 1. The third-order valence-electron chi connectivity index (χ3n) is 3.26. The van der Waals surface area contributed by atoms with Gasteiger partial charge in [0.2, 0.25) is 0 Å². The van der Waals surface area contributed by atoms with E-state index in [0.717, 1.165) is 11.1 Å². The van der Waals surface area contributed by atoms with Crippen LogP contribution in [-0.2, 0) is 0 Å². The fourth-order valence-corrected chi connectivity index (χ4v) is 2.22. The lowest BCUT2D eigenvalue weighted by atomic mass is 10.1. The third-order valence-corrected chi connectivity index (χ3v) is 3.26. The molecule has 1 heterocycles. The van der Waals surface area contributed by atoms with Gasteiger partial charge in [-0.25, -0.2) is 0 Å². The summed E-state index contributed by atoms with van der Waals surface area (Å²) in [4.78, 5) is 14.5. The summed E-state index contributed by atoms with van der Waals surface area (Å²) in [7, 11) is 0. The molecule has 2 aromatic carbocycles. The third kappa shape index (κ3) is 3.44. The van der Waals surface area contributed by atoms with Gasteiger partial charge in [-0.3, -0.25) is 15.1 Å². The van der Waals surface area contributed by atoms with Gasteiger partial charge in [-0.2, -0.15) is 0 Å². The Hall–Kier alpha value is -3.41. The van der Waals surface area contributed by atoms with E-state index in [-0.39, 0.29) is 11.4 Å². The summed E-state index contributed by atoms with van der Waals surface area (Å²) in [6, 6.07) is 15.0. The number of aromatic hydroxyl groups is 1. The number of anilines is 2. The van der Waals surface area contributed by atoms with E-state index < -0.39 is 4.92 Å². The maximum atomic E-state index is 10.8. The first-order chi connectivity index (χ1) is 11.1. The van der Waals surface area contributed by atoms with Crippen molar-refractivity contribution in [2.24, 2.45) is 0 Å². The summed E-state index contributed by atoms with van der Waals surface area (Å²) in [6.07, 6.45) is 3.32. The van der Waals surface area contributed by atoms with Gasteiger partial charge in [-0.1, -0.05) is 18.2 Å². The van der Waals surface area contributed by atoms with Gasteiger partial charge in [0.05, 0.1) is 16.8 Å². The van der Waals surface area contributed by atoms with Crippen molar-refractivity contribution < 1.29 is 10.0 Å². The van der Waals surface area contributed by atoms with Crippen LogP contribution in [0, 0.1) is 10.1 Å². The van der Waals surface area contributed by atoms with Crippen molar-refractivity contribution in [1.29, 1.82) is 0 Å². The van der Waals surface area contributed by atoms with E-state index in [0.29, 0.717) is 11.4 Å². The molecule has 0 aliphatic carbocycles. The molecule has 0 atom stereocenters. The zero-order chi connectivity index (χ0) is 16.2. The Morgan fingerprint density at radius 1 is 0.957 bits per heavy atom. The van der Waals surface area contributed by atoms with Crippen LogP contribution in [0.15, 0.2) is 67.0 Å². The highest BCUT2D eigenvalue weighted by atomic mass is 16.6. The number of hydrogen-bond acceptors (Lipinski definition) is 5. The molecule has 0 unspecified atom stereocenters. The number of hydrogen-bond donors (Lipinski definition) is 2. The second-order valence-electron chi connectivity index (χ2n) is 4.95. The molecule has 114 valence electrons. The fraction of sp³-hybridized carbons (Fsp3) is 0. The Labute approximate surface area is 132 Å². The van der Waals surface area contributed by atoms with Gasteiger partial charge in [-0.05, 0) is 29.8 Å². The highest BCUT2D eigenvalue weighted by Crippen LogP contribution is 2.26. The lowest BCUT2D eigenvalue weighted by Gasteiger charge is -2.08. The summed E-state index contributed by atoms with van der Waals surface area (Å²) in [5, 5.41) is 23.5. The van der Waals surface area contributed by atoms with Crippen LogP contribution in [0.3, 0.4) is 0 Å². The molecule has 0 bridgehead atoms. The summed E-state index contributed by atoms with van der Waals surface area (Å²) in [5.74, 6) is 0.180. The number of non-ortho nitro benzene ring substituents is 1.